The Morgan fingerprint density at radius 3 is 2.89 bits per heavy atom. The topological polar surface area (TPSA) is 71.7 Å². The molecular weight excluding hydrogens is 296 g/mol. The van der Waals surface area contributed by atoms with E-state index in [1.807, 2.05) is 31.2 Å². The highest BCUT2D eigenvalue weighted by Crippen LogP contribution is 2.20. The minimum atomic E-state index is 0.540. The second-order valence-electron chi connectivity index (χ2n) is 3.53. The van der Waals surface area contributed by atoms with Crippen molar-refractivity contribution in [2.75, 3.05) is 25.1 Å². The number of guanidine groups is 1. The van der Waals surface area contributed by atoms with Gasteiger partial charge in [0.2, 0.25) is 5.96 Å². The summed E-state index contributed by atoms with van der Waals surface area (Å²) in [5.74, 6) is 5.96. The zero-order valence-corrected chi connectivity index (χ0v) is 12.0. The minimum absolute atomic E-state index is 0.540. The van der Waals surface area contributed by atoms with Crippen molar-refractivity contribution in [2.24, 2.45) is 10.8 Å². The first-order chi connectivity index (χ1) is 8.77. The molecule has 100 valence electrons. The van der Waals surface area contributed by atoms with Gasteiger partial charge in [-0.3, -0.25) is 10.4 Å². The molecule has 0 fully saturated rings. The predicted octanol–water partition coefficient (Wildman–Crippen LogP) is 2.11. The summed E-state index contributed by atoms with van der Waals surface area (Å²) < 4.78 is 6.20. The maximum atomic E-state index is 5.42. The van der Waals surface area contributed by atoms with E-state index in [1.165, 1.54) is 0 Å². The van der Waals surface area contributed by atoms with Gasteiger partial charge in [0.05, 0.1) is 5.69 Å². The molecule has 0 saturated heterocycles. The van der Waals surface area contributed by atoms with Crippen LogP contribution < -0.4 is 16.6 Å². The lowest BCUT2D eigenvalue weighted by Crippen LogP contribution is -2.36. The summed E-state index contributed by atoms with van der Waals surface area (Å²) in [6.45, 7) is 4.09. The van der Waals surface area contributed by atoms with Crippen molar-refractivity contribution in [3.63, 3.8) is 0 Å². The maximum absolute atomic E-state index is 5.42. The molecule has 0 aliphatic heterocycles. The third-order valence-corrected chi connectivity index (χ3v) is 2.88. The molecule has 0 radical (unpaired) electrons. The van der Waals surface area contributed by atoms with Crippen LogP contribution in [0.5, 0.6) is 0 Å². The number of halogens is 1. The normalized spacial score (nSPS) is 11.4. The Labute approximate surface area is 116 Å². The van der Waals surface area contributed by atoms with Gasteiger partial charge in [0.1, 0.15) is 0 Å². The number of ether oxygens (including phenoxy) is 1. The van der Waals surface area contributed by atoms with Gasteiger partial charge in [0.15, 0.2) is 0 Å². The zero-order valence-electron chi connectivity index (χ0n) is 10.4. The molecule has 1 aromatic carbocycles. The fourth-order valence-corrected chi connectivity index (χ4v) is 1.70. The van der Waals surface area contributed by atoms with Gasteiger partial charge < -0.3 is 10.1 Å². The number of para-hydroxylation sites is 1. The molecular formula is C12H19BrN4O. The summed E-state index contributed by atoms with van der Waals surface area (Å²) in [6.07, 6.45) is 0.872. The quantitative estimate of drug-likeness (QED) is 0.247. The fraction of sp³-hybridized carbons (Fsp3) is 0.417. The Balaban J connectivity index is 2.46. The van der Waals surface area contributed by atoms with Crippen LogP contribution in [-0.4, -0.2) is 25.7 Å². The van der Waals surface area contributed by atoms with Gasteiger partial charge in [-0.2, -0.15) is 0 Å². The van der Waals surface area contributed by atoms with E-state index in [2.05, 4.69) is 31.7 Å². The average molecular weight is 315 g/mol. The molecule has 0 saturated carbocycles. The highest BCUT2D eigenvalue weighted by Gasteiger charge is 2.01. The van der Waals surface area contributed by atoms with Crippen LogP contribution in [0.4, 0.5) is 5.69 Å². The van der Waals surface area contributed by atoms with Crippen molar-refractivity contribution in [3.05, 3.63) is 28.7 Å². The van der Waals surface area contributed by atoms with E-state index in [4.69, 9.17) is 10.6 Å². The molecule has 0 aliphatic carbocycles. The van der Waals surface area contributed by atoms with Crippen LogP contribution in [0.1, 0.15) is 13.3 Å². The molecule has 1 aromatic rings. The van der Waals surface area contributed by atoms with Gasteiger partial charge in [-0.25, -0.2) is 5.84 Å². The molecule has 5 nitrogen and oxygen atoms in total. The van der Waals surface area contributed by atoms with Crippen LogP contribution in [0.2, 0.25) is 0 Å². The van der Waals surface area contributed by atoms with Crippen LogP contribution >= 0.6 is 15.9 Å². The molecule has 4 N–H and O–H groups in total. The Morgan fingerprint density at radius 1 is 1.44 bits per heavy atom. The van der Waals surface area contributed by atoms with Gasteiger partial charge in [-0.15, -0.1) is 0 Å². The van der Waals surface area contributed by atoms with Crippen LogP contribution in [0.15, 0.2) is 33.7 Å². The van der Waals surface area contributed by atoms with Crippen molar-refractivity contribution in [2.45, 2.75) is 13.3 Å². The van der Waals surface area contributed by atoms with Crippen LogP contribution in [0, 0.1) is 0 Å². The summed E-state index contributed by atoms with van der Waals surface area (Å²) >= 11 is 3.45. The second kappa shape index (κ2) is 8.91. The smallest absolute Gasteiger partial charge is 0.210 e. The number of nitrogens with zero attached hydrogens (tertiary/aromatic N) is 1. The number of hydrogen-bond acceptors (Lipinski definition) is 3. The Bertz CT molecular complexity index is 384. The molecule has 1 rings (SSSR count). The number of hydrogen-bond donors (Lipinski definition) is 3. The Morgan fingerprint density at radius 2 is 2.22 bits per heavy atom. The maximum Gasteiger partial charge on any atom is 0.210 e. The largest absolute Gasteiger partial charge is 0.382 e. The lowest BCUT2D eigenvalue weighted by molar-refractivity contribution is 0.146. The van der Waals surface area contributed by atoms with Crippen LogP contribution in [0.25, 0.3) is 0 Å². The van der Waals surface area contributed by atoms with Crippen LogP contribution in [0.3, 0.4) is 0 Å². The van der Waals surface area contributed by atoms with Crippen molar-refractivity contribution in [1.29, 1.82) is 0 Å². The molecule has 0 aromatic heterocycles. The number of nitrogens with two attached hydrogens (primary N) is 1. The zero-order chi connectivity index (χ0) is 13.2. The molecule has 0 atom stereocenters. The summed E-state index contributed by atoms with van der Waals surface area (Å²) in [4.78, 5) is 4.32. The molecule has 0 aliphatic rings. The third-order valence-electron chi connectivity index (χ3n) is 2.18. The van der Waals surface area contributed by atoms with E-state index in [0.29, 0.717) is 19.1 Å². The Hall–Kier alpha value is -1.11. The monoisotopic (exact) mass is 314 g/mol. The van der Waals surface area contributed by atoms with E-state index in [0.717, 1.165) is 23.2 Å². The van der Waals surface area contributed by atoms with Gasteiger partial charge in [0, 0.05) is 24.2 Å². The lowest BCUT2D eigenvalue weighted by Gasteiger charge is -2.10. The van der Waals surface area contributed by atoms with E-state index >= 15 is 0 Å². The highest BCUT2D eigenvalue weighted by molar-refractivity contribution is 9.10. The first kappa shape index (κ1) is 14.9. The SMILES string of the molecule is CCOCCCN=C(NN)Nc1ccccc1Br. The number of rotatable bonds is 6. The molecule has 0 spiro atoms. The molecule has 0 heterocycles. The average Bonchev–Trinajstić information content (AvgIpc) is 2.39. The van der Waals surface area contributed by atoms with Crippen molar-refractivity contribution >= 4 is 27.6 Å². The Kier molecular flexibility index (Phi) is 7.40. The van der Waals surface area contributed by atoms with Crippen molar-refractivity contribution in [1.82, 2.24) is 5.43 Å². The number of nitrogens with one attached hydrogen (secondary N) is 2. The fourth-order valence-electron chi connectivity index (χ4n) is 1.31. The second-order valence-corrected chi connectivity index (χ2v) is 4.38. The van der Waals surface area contributed by atoms with Gasteiger partial charge in [-0.05, 0) is 41.4 Å². The molecule has 0 bridgehead atoms. The molecule has 6 heteroatoms. The van der Waals surface area contributed by atoms with Gasteiger partial charge in [0.25, 0.3) is 0 Å². The van der Waals surface area contributed by atoms with E-state index < -0.39 is 0 Å². The van der Waals surface area contributed by atoms with E-state index in [-0.39, 0.29) is 0 Å². The van der Waals surface area contributed by atoms with E-state index in [9.17, 15) is 0 Å². The van der Waals surface area contributed by atoms with Crippen LogP contribution in [-0.2, 0) is 4.74 Å². The molecule has 18 heavy (non-hydrogen) atoms. The standard InChI is InChI=1S/C12H19BrN4O/c1-2-18-9-5-8-15-12(17-14)16-11-7-4-3-6-10(11)13/h3-4,6-7H,2,5,8-9,14H2,1H3,(H2,15,16,17). The highest BCUT2D eigenvalue weighted by atomic mass is 79.9. The van der Waals surface area contributed by atoms with Crippen molar-refractivity contribution in [3.8, 4) is 0 Å². The third kappa shape index (κ3) is 5.48. The van der Waals surface area contributed by atoms with E-state index in [1.54, 1.807) is 0 Å². The summed E-state index contributed by atoms with van der Waals surface area (Å²) in [5, 5.41) is 3.11. The number of hydrazine groups is 1. The number of benzene rings is 1. The summed E-state index contributed by atoms with van der Waals surface area (Å²) in [5.41, 5.74) is 3.46. The van der Waals surface area contributed by atoms with Gasteiger partial charge >= 0.3 is 0 Å². The summed E-state index contributed by atoms with van der Waals surface area (Å²) in [7, 11) is 0. The number of aliphatic imine (C=N–C) groups is 1. The first-order valence-electron chi connectivity index (χ1n) is 5.88. The predicted molar refractivity (Wildman–Crippen MR) is 78.5 cm³/mol. The van der Waals surface area contributed by atoms with Gasteiger partial charge in [-0.1, -0.05) is 12.1 Å². The summed E-state index contributed by atoms with van der Waals surface area (Å²) in [6, 6.07) is 7.78. The van der Waals surface area contributed by atoms with Crippen molar-refractivity contribution < 1.29 is 4.74 Å². The molecule has 0 unspecified atom stereocenters. The lowest BCUT2D eigenvalue weighted by atomic mass is 10.3. The first-order valence-corrected chi connectivity index (χ1v) is 6.67. The minimum Gasteiger partial charge on any atom is -0.382 e. The number of anilines is 1. The molecule has 0 amide bonds.